The van der Waals surface area contributed by atoms with Gasteiger partial charge in [0.2, 0.25) is 11.0 Å². The van der Waals surface area contributed by atoms with E-state index in [0.29, 0.717) is 4.34 Å². The van der Waals surface area contributed by atoms with Crippen molar-refractivity contribution in [3.8, 4) is 0 Å². The molecular formula is C21H15FN4O2S2. The van der Waals surface area contributed by atoms with E-state index in [2.05, 4.69) is 20.8 Å². The van der Waals surface area contributed by atoms with E-state index in [-0.39, 0.29) is 22.4 Å². The number of fused-ring (bicyclic) bond motifs is 1. The maximum absolute atomic E-state index is 13.7. The van der Waals surface area contributed by atoms with Gasteiger partial charge in [0.1, 0.15) is 5.82 Å². The summed E-state index contributed by atoms with van der Waals surface area (Å²) >= 11 is 2.33. The normalized spacial score (nSPS) is 10.7. The third-order valence-corrected chi connectivity index (χ3v) is 6.11. The molecule has 9 heteroatoms. The van der Waals surface area contributed by atoms with Crippen molar-refractivity contribution >= 4 is 56.5 Å². The van der Waals surface area contributed by atoms with Gasteiger partial charge >= 0.3 is 0 Å². The fraction of sp³-hybridized carbons (Fsp3) is 0.0476. The van der Waals surface area contributed by atoms with Crippen molar-refractivity contribution in [1.82, 2.24) is 10.2 Å². The van der Waals surface area contributed by atoms with Gasteiger partial charge in [-0.1, -0.05) is 71.6 Å². The third-order valence-electron chi connectivity index (χ3n) is 4.14. The number of rotatable bonds is 6. The number of anilines is 2. The molecule has 0 radical (unpaired) electrons. The van der Waals surface area contributed by atoms with Crippen LogP contribution in [0.4, 0.5) is 15.2 Å². The van der Waals surface area contributed by atoms with Crippen LogP contribution in [0.2, 0.25) is 0 Å². The summed E-state index contributed by atoms with van der Waals surface area (Å²) in [7, 11) is 0. The first-order chi connectivity index (χ1) is 14.6. The molecule has 4 aromatic rings. The van der Waals surface area contributed by atoms with Crippen LogP contribution in [0.25, 0.3) is 10.8 Å². The second-order valence-electron chi connectivity index (χ2n) is 6.17. The minimum atomic E-state index is -0.612. The molecule has 150 valence electrons. The second kappa shape index (κ2) is 9.02. The summed E-state index contributed by atoms with van der Waals surface area (Å²) in [6.07, 6.45) is 0. The molecule has 1 aromatic heterocycles. The molecule has 2 N–H and O–H groups in total. The highest BCUT2D eigenvalue weighted by atomic mass is 32.2. The summed E-state index contributed by atoms with van der Waals surface area (Å²) in [6, 6.07) is 19.2. The molecule has 0 bridgehead atoms. The molecule has 0 spiro atoms. The number of benzene rings is 3. The summed E-state index contributed by atoms with van der Waals surface area (Å²) in [5.74, 6) is -1.25. The van der Waals surface area contributed by atoms with E-state index in [9.17, 15) is 14.0 Å². The number of hydrogen-bond donors (Lipinski definition) is 2. The predicted octanol–water partition coefficient (Wildman–Crippen LogP) is 4.81. The molecule has 30 heavy (non-hydrogen) atoms. The average Bonchev–Trinajstić information content (AvgIpc) is 3.20. The molecule has 0 unspecified atom stereocenters. The number of thioether (sulfide) groups is 1. The van der Waals surface area contributed by atoms with Crippen LogP contribution in [0.5, 0.6) is 0 Å². The standard InChI is InChI=1S/C21H15FN4O2S2/c22-16-10-4-3-9-15(16)19(28)24-20-25-26-21(30-20)29-12-18(27)23-17-11-5-7-13-6-1-2-8-14(13)17/h1-11H,12H2,(H,23,27)(H,24,25,28). The van der Waals surface area contributed by atoms with Crippen molar-refractivity contribution in [2.75, 3.05) is 16.4 Å². The van der Waals surface area contributed by atoms with Gasteiger partial charge in [0.15, 0.2) is 4.34 Å². The molecule has 0 fully saturated rings. The van der Waals surface area contributed by atoms with E-state index < -0.39 is 11.7 Å². The van der Waals surface area contributed by atoms with Crippen LogP contribution in [-0.4, -0.2) is 27.8 Å². The molecule has 0 saturated carbocycles. The predicted molar refractivity (Wildman–Crippen MR) is 118 cm³/mol. The maximum atomic E-state index is 13.7. The van der Waals surface area contributed by atoms with Gasteiger partial charge in [-0.05, 0) is 23.6 Å². The first-order valence-electron chi connectivity index (χ1n) is 8.90. The summed E-state index contributed by atoms with van der Waals surface area (Å²) in [5.41, 5.74) is 0.671. The number of nitrogens with zero attached hydrogens (tertiary/aromatic N) is 2. The largest absolute Gasteiger partial charge is 0.325 e. The van der Waals surface area contributed by atoms with Crippen molar-refractivity contribution in [2.45, 2.75) is 4.34 Å². The Morgan fingerprint density at radius 3 is 2.57 bits per heavy atom. The Kier molecular flexibility index (Phi) is 6.01. The van der Waals surface area contributed by atoms with Gasteiger partial charge in [-0.3, -0.25) is 14.9 Å². The highest BCUT2D eigenvalue weighted by molar-refractivity contribution is 8.01. The first-order valence-corrected chi connectivity index (χ1v) is 10.7. The highest BCUT2D eigenvalue weighted by Crippen LogP contribution is 2.27. The number of carbonyl (C=O) groups excluding carboxylic acids is 2. The van der Waals surface area contributed by atoms with E-state index in [0.717, 1.165) is 27.8 Å². The molecule has 0 atom stereocenters. The van der Waals surface area contributed by atoms with Gasteiger partial charge in [-0.15, -0.1) is 10.2 Å². The van der Waals surface area contributed by atoms with E-state index in [1.165, 1.54) is 30.0 Å². The van der Waals surface area contributed by atoms with Crippen LogP contribution in [0.15, 0.2) is 71.1 Å². The summed E-state index contributed by atoms with van der Waals surface area (Å²) in [5, 5.41) is 15.5. The van der Waals surface area contributed by atoms with E-state index >= 15 is 0 Å². The Bertz CT molecular complexity index is 1220. The van der Waals surface area contributed by atoms with Crippen LogP contribution in [0.1, 0.15) is 10.4 Å². The Morgan fingerprint density at radius 2 is 1.70 bits per heavy atom. The summed E-state index contributed by atoms with van der Waals surface area (Å²) < 4.78 is 14.2. The van der Waals surface area contributed by atoms with Gasteiger partial charge in [0, 0.05) is 11.1 Å². The Hall–Kier alpha value is -3.30. The summed E-state index contributed by atoms with van der Waals surface area (Å²) in [6.45, 7) is 0. The zero-order valence-corrected chi connectivity index (χ0v) is 17.1. The van der Waals surface area contributed by atoms with Crippen molar-refractivity contribution in [2.24, 2.45) is 0 Å². The SMILES string of the molecule is O=C(CSc1nnc(NC(=O)c2ccccc2F)s1)Nc1cccc2ccccc12. The molecule has 6 nitrogen and oxygen atoms in total. The Labute approximate surface area is 179 Å². The Morgan fingerprint density at radius 1 is 0.933 bits per heavy atom. The molecule has 0 saturated heterocycles. The van der Waals surface area contributed by atoms with Gasteiger partial charge in [0.05, 0.1) is 11.3 Å². The number of hydrogen-bond acceptors (Lipinski definition) is 6. The van der Waals surface area contributed by atoms with Crippen LogP contribution >= 0.6 is 23.1 Å². The van der Waals surface area contributed by atoms with Gasteiger partial charge < -0.3 is 5.32 Å². The second-order valence-corrected chi connectivity index (χ2v) is 8.37. The first kappa shape index (κ1) is 20.0. The zero-order chi connectivity index (χ0) is 20.9. The monoisotopic (exact) mass is 438 g/mol. The number of aromatic nitrogens is 2. The average molecular weight is 439 g/mol. The Balaban J connectivity index is 1.34. The van der Waals surface area contributed by atoms with E-state index in [1.54, 1.807) is 6.07 Å². The minimum Gasteiger partial charge on any atom is -0.325 e. The lowest BCUT2D eigenvalue weighted by Crippen LogP contribution is -2.14. The van der Waals surface area contributed by atoms with E-state index in [1.807, 2.05) is 42.5 Å². The third kappa shape index (κ3) is 4.64. The van der Waals surface area contributed by atoms with E-state index in [4.69, 9.17) is 0 Å². The van der Waals surface area contributed by atoms with Crippen molar-refractivity contribution in [3.05, 3.63) is 78.1 Å². The van der Waals surface area contributed by atoms with Gasteiger partial charge in [-0.2, -0.15) is 0 Å². The van der Waals surface area contributed by atoms with Crippen molar-refractivity contribution in [1.29, 1.82) is 0 Å². The van der Waals surface area contributed by atoms with Crippen LogP contribution in [0, 0.1) is 5.82 Å². The molecule has 2 amide bonds. The molecule has 4 rings (SSSR count). The fourth-order valence-corrected chi connectivity index (χ4v) is 4.32. The smallest absolute Gasteiger partial charge is 0.260 e. The highest BCUT2D eigenvalue weighted by Gasteiger charge is 2.14. The van der Waals surface area contributed by atoms with Crippen LogP contribution in [-0.2, 0) is 4.79 Å². The lowest BCUT2D eigenvalue weighted by molar-refractivity contribution is -0.113. The van der Waals surface area contributed by atoms with Gasteiger partial charge in [0.25, 0.3) is 5.91 Å². The zero-order valence-electron chi connectivity index (χ0n) is 15.5. The molecule has 0 aliphatic rings. The summed E-state index contributed by atoms with van der Waals surface area (Å²) in [4.78, 5) is 24.5. The van der Waals surface area contributed by atoms with Crippen molar-refractivity contribution in [3.63, 3.8) is 0 Å². The minimum absolute atomic E-state index is 0.0728. The maximum Gasteiger partial charge on any atom is 0.260 e. The molecule has 1 heterocycles. The van der Waals surface area contributed by atoms with Crippen LogP contribution < -0.4 is 10.6 Å². The van der Waals surface area contributed by atoms with Crippen LogP contribution in [0.3, 0.4) is 0 Å². The lowest BCUT2D eigenvalue weighted by Gasteiger charge is -2.08. The lowest BCUT2D eigenvalue weighted by atomic mass is 10.1. The molecule has 0 aliphatic carbocycles. The fourth-order valence-electron chi connectivity index (χ4n) is 2.78. The molecular weight excluding hydrogens is 423 g/mol. The van der Waals surface area contributed by atoms with Gasteiger partial charge in [-0.25, -0.2) is 4.39 Å². The number of carbonyl (C=O) groups is 2. The number of halogens is 1. The number of nitrogens with one attached hydrogen (secondary N) is 2. The molecule has 3 aromatic carbocycles. The topological polar surface area (TPSA) is 84.0 Å². The molecule has 0 aliphatic heterocycles. The quantitative estimate of drug-likeness (QED) is 0.333. The van der Waals surface area contributed by atoms with Crippen molar-refractivity contribution < 1.29 is 14.0 Å². The number of amides is 2.